The zero-order chi connectivity index (χ0) is 22.0. The molecule has 0 atom stereocenters. The summed E-state index contributed by atoms with van der Waals surface area (Å²) in [5, 5.41) is 0.489. The summed E-state index contributed by atoms with van der Waals surface area (Å²) in [6.45, 7) is -0.382. The van der Waals surface area contributed by atoms with Crippen molar-refractivity contribution >= 4 is 35.2 Å². The maximum absolute atomic E-state index is 12.7. The van der Waals surface area contributed by atoms with E-state index in [1.54, 1.807) is 36.7 Å². The Morgan fingerprint density at radius 1 is 0.935 bits per heavy atom. The molecule has 1 aromatic heterocycles. The van der Waals surface area contributed by atoms with Crippen molar-refractivity contribution in [1.82, 2.24) is 9.88 Å². The van der Waals surface area contributed by atoms with Crippen LogP contribution in [0.3, 0.4) is 0 Å². The third-order valence-corrected chi connectivity index (χ3v) is 5.02. The molecule has 0 bridgehead atoms. The van der Waals surface area contributed by atoms with Gasteiger partial charge in [0, 0.05) is 23.0 Å². The van der Waals surface area contributed by atoms with Crippen LogP contribution < -0.4 is 0 Å². The van der Waals surface area contributed by atoms with Crippen LogP contribution in [-0.4, -0.2) is 40.1 Å². The van der Waals surface area contributed by atoms with Gasteiger partial charge in [-0.25, -0.2) is 4.79 Å². The van der Waals surface area contributed by atoms with Gasteiger partial charge in [0.2, 0.25) is 0 Å². The number of hydrogen-bond donors (Lipinski definition) is 0. The van der Waals surface area contributed by atoms with E-state index in [1.165, 1.54) is 30.3 Å². The first-order chi connectivity index (χ1) is 14.9. The highest BCUT2D eigenvalue weighted by Crippen LogP contribution is 2.26. The van der Waals surface area contributed by atoms with Crippen molar-refractivity contribution in [3.05, 3.63) is 99.8 Å². The summed E-state index contributed by atoms with van der Waals surface area (Å²) in [5.74, 6) is -2.10. The number of halogens is 1. The SMILES string of the molecule is O=C(COC(=O)c1ccc2c(c1)C(=O)N(Cc1cccnc1)C2=O)c1ccc(Cl)cc1. The van der Waals surface area contributed by atoms with Gasteiger partial charge < -0.3 is 4.74 Å². The second-order valence-electron chi connectivity index (χ2n) is 6.82. The second kappa shape index (κ2) is 8.49. The monoisotopic (exact) mass is 434 g/mol. The number of fused-ring (bicyclic) bond motifs is 1. The number of imide groups is 1. The molecule has 7 nitrogen and oxygen atoms in total. The first-order valence-electron chi connectivity index (χ1n) is 9.29. The van der Waals surface area contributed by atoms with E-state index in [4.69, 9.17) is 16.3 Å². The van der Waals surface area contributed by atoms with E-state index < -0.39 is 24.4 Å². The maximum atomic E-state index is 12.7. The highest BCUT2D eigenvalue weighted by atomic mass is 35.5. The first kappa shape index (κ1) is 20.4. The Hall–Kier alpha value is -3.84. The topological polar surface area (TPSA) is 93.6 Å². The average molecular weight is 435 g/mol. The predicted molar refractivity (Wildman–Crippen MR) is 111 cm³/mol. The van der Waals surface area contributed by atoms with Gasteiger partial charge >= 0.3 is 5.97 Å². The summed E-state index contributed by atoms with van der Waals surface area (Å²) in [4.78, 5) is 55.0. The normalized spacial score (nSPS) is 12.6. The molecule has 31 heavy (non-hydrogen) atoms. The number of amides is 2. The molecule has 0 saturated carbocycles. The fraction of sp³-hybridized carbons (Fsp3) is 0.0870. The van der Waals surface area contributed by atoms with Crippen LogP contribution in [0.1, 0.15) is 47.0 Å². The van der Waals surface area contributed by atoms with Crippen LogP contribution >= 0.6 is 11.6 Å². The molecule has 0 fully saturated rings. The van der Waals surface area contributed by atoms with Crippen molar-refractivity contribution in [2.75, 3.05) is 6.61 Å². The van der Waals surface area contributed by atoms with Crippen LogP contribution in [0.4, 0.5) is 0 Å². The molecule has 2 amide bonds. The van der Waals surface area contributed by atoms with Crippen molar-refractivity contribution < 1.29 is 23.9 Å². The molecular weight excluding hydrogens is 420 g/mol. The number of aromatic nitrogens is 1. The number of carbonyl (C=O) groups is 4. The number of esters is 1. The second-order valence-corrected chi connectivity index (χ2v) is 7.26. The van der Waals surface area contributed by atoms with E-state index >= 15 is 0 Å². The number of pyridine rings is 1. The van der Waals surface area contributed by atoms with Crippen molar-refractivity contribution in [3.8, 4) is 0 Å². The van der Waals surface area contributed by atoms with E-state index in [-0.39, 0.29) is 29.0 Å². The standard InChI is InChI=1S/C23H15ClN2O5/c24-17-6-3-15(4-7-17)20(27)13-31-23(30)16-5-8-18-19(10-16)22(29)26(21(18)28)12-14-2-1-9-25-11-14/h1-11H,12-13H2. The zero-order valence-electron chi connectivity index (χ0n) is 16.1. The first-order valence-corrected chi connectivity index (χ1v) is 9.67. The molecule has 1 aliphatic heterocycles. The van der Waals surface area contributed by atoms with Gasteiger partial charge in [-0.15, -0.1) is 0 Å². The summed E-state index contributed by atoms with van der Waals surface area (Å²) >= 11 is 5.79. The highest BCUT2D eigenvalue weighted by Gasteiger charge is 2.36. The number of benzene rings is 2. The summed E-state index contributed by atoms with van der Waals surface area (Å²) in [7, 11) is 0. The van der Waals surface area contributed by atoms with Crippen molar-refractivity contribution in [3.63, 3.8) is 0 Å². The quantitative estimate of drug-likeness (QED) is 0.334. The molecule has 0 unspecified atom stereocenters. The molecule has 8 heteroatoms. The number of hydrogen-bond acceptors (Lipinski definition) is 6. The van der Waals surface area contributed by atoms with Gasteiger partial charge in [-0.1, -0.05) is 17.7 Å². The molecular formula is C23H15ClN2O5. The highest BCUT2D eigenvalue weighted by molar-refractivity contribution is 6.30. The Morgan fingerprint density at radius 2 is 1.65 bits per heavy atom. The number of ether oxygens (including phenoxy) is 1. The van der Waals surface area contributed by atoms with Gasteiger partial charge in [0.1, 0.15) is 0 Å². The fourth-order valence-electron chi connectivity index (χ4n) is 3.17. The van der Waals surface area contributed by atoms with E-state index in [0.29, 0.717) is 16.1 Å². The van der Waals surface area contributed by atoms with Gasteiger partial charge in [-0.2, -0.15) is 0 Å². The number of rotatable bonds is 6. The van der Waals surface area contributed by atoms with Crippen molar-refractivity contribution in [2.45, 2.75) is 6.54 Å². The molecule has 0 radical (unpaired) electrons. The lowest BCUT2D eigenvalue weighted by Crippen LogP contribution is -2.29. The predicted octanol–water partition coefficient (Wildman–Crippen LogP) is 3.57. The molecule has 2 aromatic carbocycles. The number of Topliss-reactive ketones (excluding diaryl/α,β-unsaturated/α-hetero) is 1. The Morgan fingerprint density at radius 3 is 2.35 bits per heavy atom. The van der Waals surface area contributed by atoms with Gasteiger partial charge in [0.15, 0.2) is 12.4 Å². The molecule has 0 N–H and O–H groups in total. The lowest BCUT2D eigenvalue weighted by atomic mass is 10.1. The number of carbonyl (C=O) groups excluding carboxylic acids is 4. The van der Waals surface area contributed by atoms with Crippen molar-refractivity contribution in [1.29, 1.82) is 0 Å². The summed E-state index contributed by atoms with van der Waals surface area (Å²) in [5.41, 5.74) is 1.47. The Kier molecular flexibility index (Phi) is 5.60. The molecule has 1 aliphatic rings. The molecule has 3 aromatic rings. The zero-order valence-corrected chi connectivity index (χ0v) is 16.8. The number of nitrogens with zero attached hydrogens (tertiary/aromatic N) is 2. The third kappa shape index (κ3) is 4.22. The van der Waals surface area contributed by atoms with E-state index in [2.05, 4.69) is 4.98 Å². The van der Waals surface area contributed by atoms with E-state index in [9.17, 15) is 19.2 Å². The molecule has 154 valence electrons. The minimum absolute atomic E-state index is 0.0760. The van der Waals surface area contributed by atoms with E-state index in [0.717, 1.165) is 4.90 Å². The van der Waals surface area contributed by atoms with Gasteiger partial charge in [-0.3, -0.25) is 24.3 Å². The van der Waals surface area contributed by atoms with Crippen molar-refractivity contribution in [2.24, 2.45) is 0 Å². The number of ketones is 1. The van der Waals surface area contributed by atoms with Crippen LogP contribution in [0.5, 0.6) is 0 Å². The van der Waals surface area contributed by atoms with Crippen LogP contribution in [-0.2, 0) is 11.3 Å². The summed E-state index contributed by atoms with van der Waals surface area (Å²) < 4.78 is 5.08. The van der Waals surface area contributed by atoms with Crippen LogP contribution in [0.15, 0.2) is 67.0 Å². The fourth-order valence-corrected chi connectivity index (χ4v) is 3.30. The molecule has 0 saturated heterocycles. The largest absolute Gasteiger partial charge is 0.454 e. The smallest absolute Gasteiger partial charge is 0.338 e. The Labute approximate surface area is 182 Å². The molecule has 0 aliphatic carbocycles. The van der Waals surface area contributed by atoms with Gasteiger partial charge in [-0.05, 0) is 54.1 Å². The molecule has 4 rings (SSSR count). The van der Waals surface area contributed by atoms with Crippen LogP contribution in [0.2, 0.25) is 5.02 Å². The summed E-state index contributed by atoms with van der Waals surface area (Å²) in [6.07, 6.45) is 3.17. The lowest BCUT2D eigenvalue weighted by Gasteiger charge is -2.13. The Bertz CT molecular complexity index is 1190. The van der Waals surface area contributed by atoms with Gasteiger partial charge in [0.25, 0.3) is 11.8 Å². The summed E-state index contributed by atoms with van der Waals surface area (Å²) in [6, 6.07) is 13.8. The van der Waals surface area contributed by atoms with Gasteiger partial charge in [0.05, 0.1) is 23.2 Å². The molecule has 2 heterocycles. The maximum Gasteiger partial charge on any atom is 0.338 e. The van der Waals surface area contributed by atoms with Crippen LogP contribution in [0, 0.1) is 0 Å². The third-order valence-electron chi connectivity index (χ3n) is 4.77. The average Bonchev–Trinajstić information content (AvgIpc) is 3.02. The Balaban J connectivity index is 1.46. The minimum Gasteiger partial charge on any atom is -0.454 e. The van der Waals surface area contributed by atoms with E-state index in [1.807, 2.05) is 0 Å². The lowest BCUT2D eigenvalue weighted by molar-refractivity contribution is 0.0474. The van der Waals surface area contributed by atoms with Crippen LogP contribution in [0.25, 0.3) is 0 Å². The minimum atomic E-state index is -0.768. The molecule has 0 spiro atoms.